The molecule has 0 bridgehead atoms. The van der Waals surface area contributed by atoms with E-state index < -0.39 is 11.6 Å². The van der Waals surface area contributed by atoms with E-state index in [-0.39, 0.29) is 12.5 Å². The largest absolute Gasteiger partial charge is 0.459 e. The lowest BCUT2D eigenvalue weighted by Crippen LogP contribution is -2.34. The van der Waals surface area contributed by atoms with Gasteiger partial charge in [-0.05, 0) is 32.9 Å². The molecule has 19 heavy (non-hydrogen) atoms. The van der Waals surface area contributed by atoms with Gasteiger partial charge < -0.3 is 10.1 Å². The first-order chi connectivity index (χ1) is 8.81. The zero-order valence-corrected chi connectivity index (χ0v) is 11.2. The summed E-state index contributed by atoms with van der Waals surface area (Å²) in [6.07, 6.45) is 0.697. The monoisotopic (exact) mass is 263 g/mol. The fourth-order valence-electron chi connectivity index (χ4n) is 1.35. The third-order valence-corrected chi connectivity index (χ3v) is 2.12. The molecule has 0 aliphatic rings. The van der Waals surface area contributed by atoms with Crippen LogP contribution in [0.4, 0.5) is 0 Å². The van der Waals surface area contributed by atoms with Gasteiger partial charge in [-0.15, -0.1) is 0 Å². The Hall–Kier alpha value is -2.17. The molecule has 0 fully saturated rings. The number of hydrogen-bond acceptors (Lipinski definition) is 4. The van der Waals surface area contributed by atoms with Crippen molar-refractivity contribution in [2.45, 2.75) is 26.4 Å². The summed E-state index contributed by atoms with van der Waals surface area (Å²) in [5.74, 6) is -0.881. The van der Waals surface area contributed by atoms with Crippen molar-refractivity contribution in [3.8, 4) is 0 Å². The van der Waals surface area contributed by atoms with E-state index in [0.717, 1.165) is 0 Å². The highest BCUT2D eigenvalue weighted by atomic mass is 16.6. The molecule has 0 heterocycles. The summed E-state index contributed by atoms with van der Waals surface area (Å²) >= 11 is 0. The van der Waals surface area contributed by atoms with Gasteiger partial charge >= 0.3 is 5.97 Å². The van der Waals surface area contributed by atoms with Crippen molar-refractivity contribution in [1.82, 2.24) is 5.32 Å². The van der Waals surface area contributed by atoms with Crippen LogP contribution in [0.5, 0.6) is 0 Å². The van der Waals surface area contributed by atoms with E-state index in [1.165, 1.54) is 24.3 Å². The molecule has 0 saturated carbocycles. The van der Waals surface area contributed by atoms with Crippen molar-refractivity contribution in [3.63, 3.8) is 0 Å². The van der Waals surface area contributed by atoms with Gasteiger partial charge in [0.25, 0.3) is 5.91 Å². The Labute approximate surface area is 111 Å². The maximum absolute atomic E-state index is 11.7. The average molecular weight is 263 g/mol. The minimum atomic E-state index is -0.576. The summed E-state index contributed by atoms with van der Waals surface area (Å²) in [7, 11) is 0. The topological polar surface area (TPSA) is 72.5 Å². The number of amides is 1. The van der Waals surface area contributed by atoms with Crippen molar-refractivity contribution >= 4 is 18.2 Å². The Morgan fingerprint density at radius 3 is 2.26 bits per heavy atom. The molecule has 0 unspecified atom stereocenters. The summed E-state index contributed by atoms with van der Waals surface area (Å²) in [5.41, 5.74) is 0.297. The highest BCUT2D eigenvalue weighted by Crippen LogP contribution is 2.06. The molecule has 1 amide bonds. The molecular formula is C14H17NO4. The lowest BCUT2D eigenvalue weighted by atomic mass is 10.1. The lowest BCUT2D eigenvalue weighted by molar-refractivity contribution is -0.153. The molecule has 0 aliphatic heterocycles. The summed E-state index contributed by atoms with van der Waals surface area (Å²) in [6, 6.07) is 6.12. The maximum Gasteiger partial charge on any atom is 0.325 e. The van der Waals surface area contributed by atoms with Crippen molar-refractivity contribution in [2.24, 2.45) is 0 Å². The van der Waals surface area contributed by atoms with Crippen LogP contribution in [-0.4, -0.2) is 30.3 Å². The van der Waals surface area contributed by atoms with E-state index in [1.807, 2.05) is 0 Å². The van der Waals surface area contributed by atoms with Gasteiger partial charge in [-0.3, -0.25) is 14.4 Å². The van der Waals surface area contributed by atoms with E-state index in [2.05, 4.69) is 5.32 Å². The number of aldehydes is 1. The Kier molecular flexibility index (Phi) is 4.80. The predicted molar refractivity (Wildman–Crippen MR) is 70.0 cm³/mol. The Bertz CT molecular complexity index is 471. The molecule has 0 radical (unpaired) electrons. The molecule has 0 saturated heterocycles. The Morgan fingerprint density at radius 1 is 1.21 bits per heavy atom. The highest BCUT2D eigenvalue weighted by Gasteiger charge is 2.16. The van der Waals surface area contributed by atoms with Gasteiger partial charge in [-0.25, -0.2) is 0 Å². The molecule has 5 nitrogen and oxygen atoms in total. The van der Waals surface area contributed by atoms with Gasteiger partial charge in [0.05, 0.1) is 0 Å². The molecule has 0 aliphatic carbocycles. The van der Waals surface area contributed by atoms with E-state index >= 15 is 0 Å². The van der Waals surface area contributed by atoms with Gasteiger partial charge in [0.2, 0.25) is 0 Å². The van der Waals surface area contributed by atoms with Crippen LogP contribution in [0.25, 0.3) is 0 Å². The van der Waals surface area contributed by atoms with Gasteiger partial charge in [0.15, 0.2) is 0 Å². The zero-order chi connectivity index (χ0) is 14.5. The molecular weight excluding hydrogens is 246 g/mol. The molecule has 1 rings (SSSR count). The number of ether oxygens (including phenoxy) is 1. The van der Waals surface area contributed by atoms with Crippen LogP contribution in [0.3, 0.4) is 0 Å². The quantitative estimate of drug-likeness (QED) is 0.661. The molecule has 0 atom stereocenters. The number of nitrogens with one attached hydrogen (secondary N) is 1. The number of benzene rings is 1. The summed E-state index contributed by atoms with van der Waals surface area (Å²) in [5, 5.41) is 2.46. The first-order valence-electron chi connectivity index (χ1n) is 5.87. The summed E-state index contributed by atoms with van der Waals surface area (Å²) in [6.45, 7) is 5.08. The number of hydrogen-bond donors (Lipinski definition) is 1. The van der Waals surface area contributed by atoms with Gasteiger partial charge in [-0.2, -0.15) is 0 Å². The third-order valence-electron chi connectivity index (χ3n) is 2.12. The fourth-order valence-corrected chi connectivity index (χ4v) is 1.35. The Balaban J connectivity index is 2.51. The lowest BCUT2D eigenvalue weighted by Gasteiger charge is -2.19. The Morgan fingerprint density at radius 2 is 1.79 bits per heavy atom. The van der Waals surface area contributed by atoms with Crippen LogP contribution in [0.1, 0.15) is 41.5 Å². The molecule has 0 spiro atoms. The second kappa shape index (κ2) is 6.13. The van der Waals surface area contributed by atoms with E-state index in [1.54, 1.807) is 20.8 Å². The normalized spacial score (nSPS) is 10.7. The number of carbonyl (C=O) groups excluding carboxylic acids is 3. The van der Waals surface area contributed by atoms with Crippen LogP contribution in [0, 0.1) is 0 Å². The van der Waals surface area contributed by atoms with Crippen LogP contribution < -0.4 is 5.32 Å². The first kappa shape index (κ1) is 14.9. The smallest absolute Gasteiger partial charge is 0.325 e. The molecule has 102 valence electrons. The van der Waals surface area contributed by atoms with E-state index in [4.69, 9.17) is 4.74 Å². The van der Waals surface area contributed by atoms with Crippen molar-refractivity contribution in [3.05, 3.63) is 35.4 Å². The van der Waals surface area contributed by atoms with E-state index in [0.29, 0.717) is 17.4 Å². The maximum atomic E-state index is 11.7. The van der Waals surface area contributed by atoms with Crippen LogP contribution in [0.15, 0.2) is 24.3 Å². The second-order valence-electron chi connectivity index (χ2n) is 5.01. The molecule has 1 N–H and O–H groups in total. The van der Waals surface area contributed by atoms with Gasteiger partial charge in [0.1, 0.15) is 18.4 Å². The van der Waals surface area contributed by atoms with E-state index in [9.17, 15) is 14.4 Å². The van der Waals surface area contributed by atoms with Gasteiger partial charge in [0, 0.05) is 11.1 Å². The van der Waals surface area contributed by atoms with Crippen LogP contribution in [0.2, 0.25) is 0 Å². The minimum Gasteiger partial charge on any atom is -0.459 e. The van der Waals surface area contributed by atoms with Gasteiger partial charge in [-0.1, -0.05) is 12.1 Å². The number of rotatable bonds is 4. The average Bonchev–Trinajstić information content (AvgIpc) is 2.34. The summed E-state index contributed by atoms with van der Waals surface area (Å²) in [4.78, 5) is 33.6. The fraction of sp³-hybridized carbons (Fsp3) is 0.357. The van der Waals surface area contributed by atoms with Crippen molar-refractivity contribution in [1.29, 1.82) is 0 Å². The molecule has 1 aromatic carbocycles. The van der Waals surface area contributed by atoms with Crippen molar-refractivity contribution < 1.29 is 19.1 Å². The predicted octanol–water partition coefficient (Wildman–Crippen LogP) is 1.57. The molecule has 1 aromatic rings. The number of esters is 1. The SMILES string of the molecule is CC(C)(C)OC(=O)CNC(=O)c1ccc(C=O)cc1. The standard InChI is InChI=1S/C14H17NO4/c1-14(2,3)19-12(17)8-15-13(18)11-6-4-10(9-16)5-7-11/h4-7,9H,8H2,1-3H3,(H,15,18). The minimum absolute atomic E-state index is 0.189. The third kappa shape index (κ3) is 5.33. The molecule has 5 heteroatoms. The van der Waals surface area contributed by atoms with Crippen LogP contribution >= 0.6 is 0 Å². The zero-order valence-electron chi connectivity index (χ0n) is 11.2. The first-order valence-corrected chi connectivity index (χ1v) is 5.87. The summed E-state index contributed by atoms with van der Waals surface area (Å²) < 4.78 is 5.06. The van der Waals surface area contributed by atoms with Crippen molar-refractivity contribution in [2.75, 3.05) is 6.54 Å². The highest BCUT2D eigenvalue weighted by molar-refractivity contribution is 5.96. The number of carbonyl (C=O) groups is 3. The molecule has 0 aromatic heterocycles. The van der Waals surface area contributed by atoms with Crippen LogP contribution in [-0.2, 0) is 9.53 Å². The second-order valence-corrected chi connectivity index (χ2v) is 5.01.